The Kier molecular flexibility index (Phi) is 2.54. The molecule has 2 rings (SSSR count). The summed E-state index contributed by atoms with van der Waals surface area (Å²) < 4.78 is 0. The van der Waals surface area contributed by atoms with Crippen molar-refractivity contribution in [3.8, 4) is 0 Å². The van der Waals surface area contributed by atoms with Gasteiger partial charge in [0.05, 0.1) is 0 Å². The van der Waals surface area contributed by atoms with Crippen LogP contribution < -0.4 is 5.32 Å². The van der Waals surface area contributed by atoms with E-state index < -0.39 is 5.41 Å². The van der Waals surface area contributed by atoms with Crippen molar-refractivity contribution in [3.63, 3.8) is 0 Å². The molecule has 1 atom stereocenters. The van der Waals surface area contributed by atoms with Gasteiger partial charge in [0.2, 0.25) is 5.91 Å². The number of likely N-dealkylation sites (N-methyl/N-ethyl adjacent to an activating group) is 1. The minimum absolute atomic E-state index is 0.0198. The lowest BCUT2D eigenvalue weighted by atomic mass is 10.0. The highest BCUT2D eigenvalue weighted by molar-refractivity contribution is 6.07. The predicted octanol–water partition coefficient (Wildman–Crippen LogP) is 0.176. The van der Waals surface area contributed by atoms with Crippen LogP contribution in [0.1, 0.15) is 26.2 Å². The maximum atomic E-state index is 11.9. The number of likely N-dealkylation sites (tertiary alicyclic amines) is 1. The lowest BCUT2D eigenvalue weighted by Gasteiger charge is -2.17. The van der Waals surface area contributed by atoms with Crippen LogP contribution in [0.15, 0.2) is 0 Å². The van der Waals surface area contributed by atoms with Crippen molar-refractivity contribution < 1.29 is 9.59 Å². The molecule has 1 heterocycles. The first-order valence-corrected chi connectivity index (χ1v) is 5.55. The van der Waals surface area contributed by atoms with E-state index in [4.69, 9.17) is 0 Å². The van der Waals surface area contributed by atoms with Gasteiger partial charge in [-0.25, -0.2) is 0 Å². The summed E-state index contributed by atoms with van der Waals surface area (Å²) in [5, 5.41) is 2.99. The van der Waals surface area contributed by atoms with Gasteiger partial charge in [0.15, 0.2) is 0 Å². The van der Waals surface area contributed by atoms with Crippen LogP contribution in [0.5, 0.6) is 0 Å². The topological polar surface area (TPSA) is 49.4 Å². The monoisotopic (exact) mass is 210 g/mol. The van der Waals surface area contributed by atoms with E-state index in [1.807, 2.05) is 7.05 Å². The number of rotatable bonds is 3. The van der Waals surface area contributed by atoms with Gasteiger partial charge in [-0.15, -0.1) is 0 Å². The molecule has 84 valence electrons. The van der Waals surface area contributed by atoms with Crippen molar-refractivity contribution in [1.29, 1.82) is 0 Å². The molecule has 1 aliphatic carbocycles. The molecule has 0 aromatic rings. The van der Waals surface area contributed by atoms with Gasteiger partial charge < -0.3 is 10.2 Å². The molecule has 0 aromatic carbocycles. The first-order chi connectivity index (χ1) is 7.04. The Morgan fingerprint density at radius 2 is 2.07 bits per heavy atom. The summed E-state index contributed by atoms with van der Waals surface area (Å²) >= 11 is 0. The van der Waals surface area contributed by atoms with E-state index in [0.29, 0.717) is 0 Å². The molecule has 0 aromatic heterocycles. The van der Waals surface area contributed by atoms with Crippen molar-refractivity contribution in [2.24, 2.45) is 5.41 Å². The van der Waals surface area contributed by atoms with Crippen LogP contribution in [0.4, 0.5) is 0 Å². The zero-order valence-corrected chi connectivity index (χ0v) is 9.38. The van der Waals surface area contributed by atoms with E-state index in [2.05, 4.69) is 10.2 Å². The van der Waals surface area contributed by atoms with Crippen LogP contribution in [-0.2, 0) is 9.59 Å². The van der Waals surface area contributed by atoms with Gasteiger partial charge in [-0.3, -0.25) is 9.59 Å². The SMILES string of the molecule is CC(=O)C1(C(=O)N[C@@H]2CCN(C)C2)CC1. The molecule has 1 aliphatic heterocycles. The molecular weight excluding hydrogens is 192 g/mol. The lowest BCUT2D eigenvalue weighted by Crippen LogP contribution is -2.43. The first kappa shape index (κ1) is 10.6. The molecule has 0 unspecified atom stereocenters. The highest BCUT2D eigenvalue weighted by atomic mass is 16.2. The van der Waals surface area contributed by atoms with Crippen molar-refractivity contribution in [1.82, 2.24) is 10.2 Å². The number of hydrogen-bond donors (Lipinski definition) is 1. The van der Waals surface area contributed by atoms with E-state index >= 15 is 0 Å². The zero-order chi connectivity index (χ0) is 11.1. The standard InChI is InChI=1S/C11H18N2O2/c1-8(14)11(4-5-11)10(15)12-9-3-6-13(2)7-9/h9H,3-7H2,1-2H3,(H,12,15)/t9-/m1/s1. The van der Waals surface area contributed by atoms with E-state index in [1.165, 1.54) is 6.92 Å². The van der Waals surface area contributed by atoms with E-state index in [0.717, 1.165) is 32.4 Å². The Hall–Kier alpha value is -0.900. The smallest absolute Gasteiger partial charge is 0.233 e. The Balaban J connectivity index is 1.90. The van der Waals surface area contributed by atoms with Crippen molar-refractivity contribution in [3.05, 3.63) is 0 Å². The van der Waals surface area contributed by atoms with Gasteiger partial charge in [-0.05, 0) is 39.8 Å². The number of carbonyl (C=O) groups is 2. The predicted molar refractivity (Wildman–Crippen MR) is 56.4 cm³/mol. The fraction of sp³-hybridized carbons (Fsp3) is 0.818. The van der Waals surface area contributed by atoms with Crippen LogP contribution in [0, 0.1) is 5.41 Å². The molecule has 2 aliphatic rings. The minimum atomic E-state index is -0.652. The van der Waals surface area contributed by atoms with Gasteiger partial charge in [0, 0.05) is 12.6 Å². The van der Waals surface area contributed by atoms with E-state index in [-0.39, 0.29) is 17.7 Å². The van der Waals surface area contributed by atoms with Gasteiger partial charge in [-0.2, -0.15) is 0 Å². The molecule has 1 saturated heterocycles. The second kappa shape index (κ2) is 3.59. The second-order valence-electron chi connectivity index (χ2n) is 4.86. The van der Waals surface area contributed by atoms with Crippen molar-refractivity contribution in [2.75, 3.05) is 20.1 Å². The molecule has 1 amide bonds. The number of Topliss-reactive ketones (excluding diaryl/α,β-unsaturated/α-hetero) is 1. The van der Waals surface area contributed by atoms with Crippen LogP contribution >= 0.6 is 0 Å². The van der Waals surface area contributed by atoms with Gasteiger partial charge >= 0.3 is 0 Å². The molecule has 1 saturated carbocycles. The maximum absolute atomic E-state index is 11.9. The second-order valence-corrected chi connectivity index (χ2v) is 4.86. The molecule has 0 spiro atoms. The zero-order valence-electron chi connectivity index (χ0n) is 9.38. The molecular formula is C11H18N2O2. The number of carbonyl (C=O) groups excluding carboxylic acids is 2. The Morgan fingerprint density at radius 1 is 1.40 bits per heavy atom. The van der Waals surface area contributed by atoms with Crippen LogP contribution in [0.3, 0.4) is 0 Å². The fourth-order valence-corrected chi connectivity index (χ4v) is 2.24. The Labute approximate surface area is 90.0 Å². The third-order valence-corrected chi connectivity index (χ3v) is 3.59. The number of ketones is 1. The quantitative estimate of drug-likeness (QED) is 0.676. The van der Waals surface area contributed by atoms with Crippen LogP contribution in [0.2, 0.25) is 0 Å². The lowest BCUT2D eigenvalue weighted by molar-refractivity contribution is -0.135. The number of nitrogens with zero attached hydrogens (tertiary/aromatic N) is 1. The fourth-order valence-electron chi connectivity index (χ4n) is 2.24. The molecule has 1 N–H and O–H groups in total. The molecule has 2 fully saturated rings. The molecule has 0 bridgehead atoms. The van der Waals surface area contributed by atoms with Gasteiger partial charge in [0.1, 0.15) is 11.2 Å². The maximum Gasteiger partial charge on any atom is 0.233 e. The van der Waals surface area contributed by atoms with Gasteiger partial charge in [-0.1, -0.05) is 0 Å². The summed E-state index contributed by atoms with van der Waals surface area (Å²) in [6.07, 6.45) is 2.46. The number of hydrogen-bond acceptors (Lipinski definition) is 3. The average molecular weight is 210 g/mol. The van der Waals surface area contributed by atoms with Gasteiger partial charge in [0.25, 0.3) is 0 Å². The van der Waals surface area contributed by atoms with E-state index in [1.54, 1.807) is 0 Å². The van der Waals surface area contributed by atoms with E-state index in [9.17, 15) is 9.59 Å². The molecule has 4 heteroatoms. The summed E-state index contributed by atoms with van der Waals surface area (Å²) in [6, 6.07) is 0.235. The largest absolute Gasteiger partial charge is 0.351 e. The van der Waals surface area contributed by atoms with Crippen LogP contribution in [0.25, 0.3) is 0 Å². The minimum Gasteiger partial charge on any atom is -0.351 e. The highest BCUT2D eigenvalue weighted by Gasteiger charge is 2.54. The summed E-state index contributed by atoms with van der Waals surface area (Å²) in [5.74, 6) is -0.0262. The normalized spacial score (nSPS) is 28.8. The molecule has 15 heavy (non-hydrogen) atoms. The Bertz CT molecular complexity index is 297. The average Bonchev–Trinajstić information content (AvgIpc) is 2.88. The summed E-state index contributed by atoms with van der Waals surface area (Å²) in [7, 11) is 2.05. The third kappa shape index (κ3) is 1.91. The third-order valence-electron chi connectivity index (χ3n) is 3.59. The molecule has 4 nitrogen and oxygen atoms in total. The van der Waals surface area contributed by atoms with Crippen molar-refractivity contribution in [2.45, 2.75) is 32.2 Å². The first-order valence-electron chi connectivity index (χ1n) is 5.55. The molecule has 0 radical (unpaired) electrons. The summed E-state index contributed by atoms with van der Waals surface area (Å²) in [5.41, 5.74) is -0.652. The Morgan fingerprint density at radius 3 is 2.47 bits per heavy atom. The number of amides is 1. The number of nitrogens with one attached hydrogen (secondary N) is 1. The summed E-state index contributed by atoms with van der Waals surface area (Å²) in [6.45, 7) is 3.45. The van der Waals surface area contributed by atoms with Crippen molar-refractivity contribution >= 4 is 11.7 Å². The summed E-state index contributed by atoms with van der Waals surface area (Å²) in [4.78, 5) is 25.4. The van der Waals surface area contributed by atoms with Crippen LogP contribution in [-0.4, -0.2) is 42.8 Å². The highest BCUT2D eigenvalue weighted by Crippen LogP contribution is 2.46.